The average Bonchev–Trinajstić information content (AvgIpc) is 3.04. The Labute approximate surface area is 202 Å². The molecule has 0 spiro atoms. The molecule has 2 N–H and O–H groups in total. The highest BCUT2D eigenvalue weighted by atomic mass is 35.5. The molecule has 2 atom stereocenters. The summed E-state index contributed by atoms with van der Waals surface area (Å²) in [5.41, 5.74) is 1.98. The number of phenols is 1. The van der Waals surface area contributed by atoms with Crippen molar-refractivity contribution in [2.75, 3.05) is 31.7 Å². The maximum Gasteiger partial charge on any atom is 0.318 e. The molecule has 0 amide bonds. The molecule has 2 aliphatic rings. The molecule has 0 bridgehead atoms. The number of fused-ring (bicyclic) bond motifs is 3. The molecule has 0 radical (unpaired) electrons. The van der Waals surface area contributed by atoms with Crippen LogP contribution >= 0.6 is 11.6 Å². The molecule has 0 saturated carbocycles. The molecule has 8 heteroatoms. The number of phenolic OH excluding ortho intramolecular Hbond substituents is 1. The second kappa shape index (κ2) is 8.18. The first-order chi connectivity index (χ1) is 16.6. The first kappa shape index (κ1) is 21.3. The van der Waals surface area contributed by atoms with Gasteiger partial charge in [-0.15, -0.1) is 0 Å². The van der Waals surface area contributed by atoms with E-state index in [1.807, 2.05) is 36.4 Å². The standard InChI is InChI=1S/C26H25ClN4O3/c1-3-17-19-13-34-24-22-18(29-26(33-2)30-25(22)31(19)11-10-28-17)12-16(23(24)27)21-15-7-5-4-6-14(15)8-9-20(21)32/h4-9,12,17,19,28,32H,3,10-11,13H2,1-2H3. The number of anilines is 1. The van der Waals surface area contributed by atoms with Gasteiger partial charge in [0.25, 0.3) is 0 Å². The number of nitrogens with one attached hydrogen (secondary N) is 1. The van der Waals surface area contributed by atoms with E-state index in [-0.39, 0.29) is 23.8 Å². The first-order valence-corrected chi connectivity index (χ1v) is 11.9. The minimum Gasteiger partial charge on any atom is -0.507 e. The molecular formula is C26H25ClN4O3. The molecule has 2 aliphatic heterocycles. The van der Waals surface area contributed by atoms with Crippen molar-refractivity contribution in [3.8, 4) is 28.6 Å². The Morgan fingerprint density at radius 2 is 2.09 bits per heavy atom. The Morgan fingerprint density at radius 1 is 1.24 bits per heavy atom. The highest BCUT2D eigenvalue weighted by Crippen LogP contribution is 2.49. The molecule has 4 aromatic rings. The summed E-state index contributed by atoms with van der Waals surface area (Å²) < 4.78 is 11.9. The molecule has 174 valence electrons. The predicted molar refractivity (Wildman–Crippen MR) is 134 cm³/mol. The van der Waals surface area contributed by atoms with E-state index in [9.17, 15) is 5.11 Å². The number of nitrogens with zero attached hydrogens (tertiary/aromatic N) is 3. The number of hydrogen-bond acceptors (Lipinski definition) is 7. The van der Waals surface area contributed by atoms with Gasteiger partial charge in [0.05, 0.1) is 29.1 Å². The van der Waals surface area contributed by atoms with Crippen molar-refractivity contribution >= 4 is 39.1 Å². The van der Waals surface area contributed by atoms with E-state index in [2.05, 4.69) is 22.1 Å². The first-order valence-electron chi connectivity index (χ1n) is 11.5. The van der Waals surface area contributed by atoms with E-state index in [0.29, 0.717) is 34.0 Å². The molecular weight excluding hydrogens is 452 g/mol. The molecule has 0 aliphatic carbocycles. The lowest BCUT2D eigenvalue weighted by Gasteiger charge is -2.41. The van der Waals surface area contributed by atoms with Crippen LogP contribution in [0.15, 0.2) is 42.5 Å². The number of hydrogen-bond donors (Lipinski definition) is 2. The summed E-state index contributed by atoms with van der Waals surface area (Å²) in [6.45, 7) is 4.28. The van der Waals surface area contributed by atoms with Gasteiger partial charge in [0.2, 0.25) is 0 Å². The summed E-state index contributed by atoms with van der Waals surface area (Å²) in [5.74, 6) is 1.47. The normalized spacial score (nSPS) is 19.6. The number of methoxy groups -OCH3 is 1. The zero-order valence-electron chi connectivity index (χ0n) is 19.0. The Morgan fingerprint density at radius 3 is 2.91 bits per heavy atom. The maximum atomic E-state index is 10.9. The van der Waals surface area contributed by atoms with E-state index >= 15 is 0 Å². The van der Waals surface area contributed by atoms with E-state index in [4.69, 9.17) is 26.1 Å². The number of aromatic nitrogens is 2. The summed E-state index contributed by atoms with van der Waals surface area (Å²) in [4.78, 5) is 11.7. The predicted octanol–water partition coefficient (Wildman–Crippen LogP) is 4.77. The van der Waals surface area contributed by atoms with Crippen molar-refractivity contribution in [3.05, 3.63) is 47.5 Å². The third-order valence-corrected chi connectivity index (χ3v) is 7.31. The van der Waals surface area contributed by atoms with Gasteiger partial charge in [0.15, 0.2) is 5.75 Å². The van der Waals surface area contributed by atoms with Crippen LogP contribution in [0.4, 0.5) is 5.82 Å². The highest BCUT2D eigenvalue weighted by Gasteiger charge is 2.37. The number of aromatic hydroxyl groups is 1. The van der Waals surface area contributed by atoms with Gasteiger partial charge >= 0.3 is 6.01 Å². The number of halogens is 1. The van der Waals surface area contributed by atoms with Crippen LogP contribution in [0.1, 0.15) is 13.3 Å². The van der Waals surface area contributed by atoms with E-state index in [0.717, 1.165) is 41.5 Å². The number of ether oxygens (including phenoxy) is 2. The van der Waals surface area contributed by atoms with Crippen LogP contribution in [0.3, 0.4) is 0 Å². The van der Waals surface area contributed by atoms with Crippen LogP contribution < -0.4 is 19.7 Å². The van der Waals surface area contributed by atoms with E-state index in [1.54, 1.807) is 13.2 Å². The van der Waals surface area contributed by atoms with Gasteiger partial charge < -0.3 is 24.8 Å². The van der Waals surface area contributed by atoms with Gasteiger partial charge in [-0.2, -0.15) is 9.97 Å². The van der Waals surface area contributed by atoms with Crippen molar-refractivity contribution in [3.63, 3.8) is 0 Å². The Balaban J connectivity index is 1.66. The molecule has 2 unspecified atom stereocenters. The Bertz CT molecular complexity index is 1430. The lowest BCUT2D eigenvalue weighted by Crippen LogP contribution is -2.60. The van der Waals surface area contributed by atoms with Crippen LogP contribution in [0.2, 0.25) is 5.02 Å². The Kier molecular flexibility index (Phi) is 5.12. The van der Waals surface area contributed by atoms with Gasteiger partial charge in [0, 0.05) is 30.3 Å². The van der Waals surface area contributed by atoms with Crippen molar-refractivity contribution in [1.82, 2.24) is 15.3 Å². The molecule has 1 saturated heterocycles. The van der Waals surface area contributed by atoms with Crippen LogP contribution in [0, 0.1) is 0 Å². The van der Waals surface area contributed by atoms with Crippen LogP contribution in [0.25, 0.3) is 32.8 Å². The second-order valence-electron chi connectivity index (χ2n) is 8.72. The lowest BCUT2D eigenvalue weighted by atomic mass is 9.95. The van der Waals surface area contributed by atoms with Crippen LogP contribution in [-0.2, 0) is 0 Å². The summed E-state index contributed by atoms with van der Waals surface area (Å²) in [6.07, 6.45) is 0.967. The minimum atomic E-state index is 0.0967. The largest absolute Gasteiger partial charge is 0.507 e. The monoisotopic (exact) mass is 476 g/mol. The van der Waals surface area contributed by atoms with Crippen LogP contribution in [0.5, 0.6) is 17.5 Å². The van der Waals surface area contributed by atoms with E-state index < -0.39 is 0 Å². The fourth-order valence-corrected chi connectivity index (χ4v) is 5.60. The quantitative estimate of drug-likeness (QED) is 0.441. The van der Waals surface area contributed by atoms with Gasteiger partial charge in [0.1, 0.15) is 18.2 Å². The van der Waals surface area contributed by atoms with E-state index in [1.165, 1.54) is 0 Å². The summed E-state index contributed by atoms with van der Waals surface area (Å²) in [6, 6.07) is 14.1. The van der Waals surface area contributed by atoms with Gasteiger partial charge in [-0.3, -0.25) is 0 Å². The summed E-state index contributed by atoms with van der Waals surface area (Å²) >= 11 is 7.06. The molecule has 7 nitrogen and oxygen atoms in total. The molecule has 1 aromatic heterocycles. The van der Waals surface area contributed by atoms with Gasteiger partial charge in [-0.1, -0.05) is 48.9 Å². The van der Waals surface area contributed by atoms with Crippen molar-refractivity contribution in [1.29, 1.82) is 0 Å². The van der Waals surface area contributed by atoms with Gasteiger partial charge in [-0.25, -0.2) is 0 Å². The zero-order valence-corrected chi connectivity index (χ0v) is 19.8. The van der Waals surface area contributed by atoms with Crippen molar-refractivity contribution in [2.45, 2.75) is 25.4 Å². The topological polar surface area (TPSA) is 79.7 Å². The summed E-state index contributed by atoms with van der Waals surface area (Å²) in [7, 11) is 1.57. The van der Waals surface area contributed by atoms with Crippen molar-refractivity contribution in [2.24, 2.45) is 0 Å². The fraction of sp³-hybridized carbons (Fsp3) is 0.308. The molecule has 34 heavy (non-hydrogen) atoms. The van der Waals surface area contributed by atoms with Crippen LogP contribution in [-0.4, -0.2) is 54.0 Å². The third kappa shape index (κ3) is 3.15. The maximum absolute atomic E-state index is 10.9. The zero-order chi connectivity index (χ0) is 23.4. The molecule has 3 aromatic carbocycles. The molecule has 3 heterocycles. The second-order valence-corrected chi connectivity index (χ2v) is 9.09. The van der Waals surface area contributed by atoms with Crippen molar-refractivity contribution < 1.29 is 14.6 Å². The summed E-state index contributed by atoms with van der Waals surface area (Å²) in [5, 5.41) is 17.6. The molecule has 1 fully saturated rings. The molecule has 6 rings (SSSR count). The number of rotatable bonds is 3. The van der Waals surface area contributed by atoms with Gasteiger partial charge in [-0.05, 0) is 29.3 Å². The number of piperazine rings is 1. The average molecular weight is 477 g/mol. The fourth-order valence-electron chi connectivity index (χ4n) is 5.30. The highest BCUT2D eigenvalue weighted by molar-refractivity contribution is 6.37. The smallest absolute Gasteiger partial charge is 0.318 e. The SMILES string of the molecule is CCC1NCCN2c3nc(OC)nc4cc(-c5c(O)ccc6ccccc56)c(Cl)c(c34)OCC12. The third-order valence-electron chi connectivity index (χ3n) is 6.93. The lowest BCUT2D eigenvalue weighted by molar-refractivity contribution is 0.235. The minimum absolute atomic E-state index is 0.0967. The Hall–Kier alpha value is -3.29. The number of benzene rings is 3.